The molecule has 4 rings (SSSR count). The van der Waals surface area contributed by atoms with Crippen LogP contribution >= 0.6 is 0 Å². The van der Waals surface area contributed by atoms with Crippen LogP contribution in [0, 0.1) is 0 Å². The van der Waals surface area contributed by atoms with Crippen molar-refractivity contribution in [2.45, 2.75) is 76.5 Å². The van der Waals surface area contributed by atoms with E-state index in [1.807, 2.05) is 0 Å². The van der Waals surface area contributed by atoms with Gasteiger partial charge in [0.25, 0.3) is 0 Å². The van der Waals surface area contributed by atoms with Gasteiger partial charge in [-0.3, -0.25) is 4.79 Å². The Bertz CT molecular complexity index is 904. The topological polar surface area (TPSA) is 35.5 Å². The summed E-state index contributed by atoms with van der Waals surface area (Å²) in [6, 6.07) is 17.7. The monoisotopic (exact) mass is 432 g/mol. The first kappa shape index (κ1) is 22.6. The Morgan fingerprint density at radius 1 is 0.906 bits per heavy atom. The van der Waals surface area contributed by atoms with Crippen LogP contribution in [-0.4, -0.2) is 19.7 Å². The SMILES string of the molecule is COC(=O)CCCc1ccc(OCC2=C(c3ccc(C4CC4)cc3)CCCCCC2)cc1. The van der Waals surface area contributed by atoms with Crippen molar-refractivity contribution >= 4 is 11.5 Å². The summed E-state index contributed by atoms with van der Waals surface area (Å²) >= 11 is 0. The van der Waals surface area contributed by atoms with E-state index in [-0.39, 0.29) is 5.97 Å². The molecule has 0 atom stereocenters. The molecule has 0 heterocycles. The molecule has 0 aliphatic heterocycles. The van der Waals surface area contributed by atoms with Crippen molar-refractivity contribution in [2.75, 3.05) is 13.7 Å². The van der Waals surface area contributed by atoms with Crippen molar-refractivity contribution in [1.29, 1.82) is 0 Å². The van der Waals surface area contributed by atoms with E-state index in [2.05, 4.69) is 48.5 Å². The summed E-state index contributed by atoms with van der Waals surface area (Å²) in [5.41, 5.74) is 7.08. The van der Waals surface area contributed by atoms with Crippen molar-refractivity contribution in [1.82, 2.24) is 0 Å². The number of benzene rings is 2. The van der Waals surface area contributed by atoms with Gasteiger partial charge in [0.1, 0.15) is 12.4 Å². The van der Waals surface area contributed by atoms with Crippen LogP contribution < -0.4 is 4.74 Å². The van der Waals surface area contributed by atoms with Crippen LogP contribution in [0.1, 0.15) is 86.8 Å². The van der Waals surface area contributed by atoms with E-state index in [1.54, 1.807) is 0 Å². The van der Waals surface area contributed by atoms with Gasteiger partial charge in [-0.25, -0.2) is 0 Å². The highest BCUT2D eigenvalue weighted by molar-refractivity contribution is 5.69. The lowest BCUT2D eigenvalue weighted by Crippen LogP contribution is -2.07. The second-order valence-electron chi connectivity index (χ2n) is 9.25. The quantitative estimate of drug-likeness (QED) is 0.392. The Kier molecular flexibility index (Phi) is 8.03. The Morgan fingerprint density at radius 2 is 1.62 bits per heavy atom. The standard InChI is InChI=1S/C29H36O3/c1-31-29(30)10-6-7-22-11-19-27(20-12-22)32-21-26-8-4-2-3-5-9-28(26)25-17-15-24(16-18-25)23-13-14-23/h11-12,15-20,23H,2-10,13-14,21H2,1H3. The summed E-state index contributed by atoms with van der Waals surface area (Å²) in [5.74, 6) is 1.58. The summed E-state index contributed by atoms with van der Waals surface area (Å²) in [5, 5.41) is 0. The smallest absolute Gasteiger partial charge is 0.305 e. The highest BCUT2D eigenvalue weighted by Gasteiger charge is 2.23. The van der Waals surface area contributed by atoms with E-state index >= 15 is 0 Å². The largest absolute Gasteiger partial charge is 0.489 e. The highest BCUT2D eigenvalue weighted by atomic mass is 16.5. The van der Waals surface area contributed by atoms with E-state index in [9.17, 15) is 4.79 Å². The van der Waals surface area contributed by atoms with E-state index in [1.165, 1.54) is 73.5 Å². The van der Waals surface area contributed by atoms with Crippen LogP contribution in [-0.2, 0) is 16.0 Å². The first-order valence-corrected chi connectivity index (χ1v) is 12.3. The number of carbonyl (C=O) groups excluding carboxylic acids is 1. The van der Waals surface area contributed by atoms with Crippen LogP contribution in [0.4, 0.5) is 0 Å². The molecule has 1 saturated carbocycles. The zero-order valence-electron chi connectivity index (χ0n) is 19.4. The fourth-order valence-corrected chi connectivity index (χ4v) is 4.66. The van der Waals surface area contributed by atoms with E-state index < -0.39 is 0 Å². The Hall–Kier alpha value is -2.55. The molecule has 2 aliphatic carbocycles. The molecule has 2 aliphatic rings. The summed E-state index contributed by atoms with van der Waals surface area (Å²) < 4.78 is 11.0. The van der Waals surface area contributed by atoms with Gasteiger partial charge in [-0.2, -0.15) is 0 Å². The maximum Gasteiger partial charge on any atom is 0.305 e. The lowest BCUT2D eigenvalue weighted by Gasteiger charge is -2.20. The fraction of sp³-hybridized carbons (Fsp3) is 0.483. The number of allylic oxidation sites excluding steroid dienone is 1. The molecule has 0 saturated heterocycles. The Morgan fingerprint density at radius 3 is 2.31 bits per heavy atom. The van der Waals surface area contributed by atoms with Crippen molar-refractivity contribution < 1.29 is 14.3 Å². The maximum atomic E-state index is 11.3. The average Bonchev–Trinajstić information content (AvgIpc) is 3.65. The van der Waals surface area contributed by atoms with Gasteiger partial charge in [0.2, 0.25) is 0 Å². The molecule has 32 heavy (non-hydrogen) atoms. The first-order chi connectivity index (χ1) is 15.7. The Balaban J connectivity index is 1.40. The number of rotatable bonds is 9. The highest BCUT2D eigenvalue weighted by Crippen LogP contribution is 2.40. The molecular weight excluding hydrogens is 396 g/mol. The number of esters is 1. The lowest BCUT2D eigenvalue weighted by molar-refractivity contribution is -0.140. The second-order valence-corrected chi connectivity index (χ2v) is 9.25. The molecule has 0 amide bonds. The van der Waals surface area contributed by atoms with Crippen LogP contribution in [0.15, 0.2) is 54.1 Å². The molecule has 3 heteroatoms. The molecule has 2 aromatic carbocycles. The van der Waals surface area contributed by atoms with Gasteiger partial charge in [0, 0.05) is 6.42 Å². The van der Waals surface area contributed by atoms with Gasteiger partial charge in [0.05, 0.1) is 7.11 Å². The molecule has 2 aromatic rings. The van der Waals surface area contributed by atoms with Crippen molar-refractivity contribution in [3.8, 4) is 5.75 Å². The van der Waals surface area contributed by atoms with Gasteiger partial charge in [-0.15, -0.1) is 0 Å². The third-order valence-corrected chi connectivity index (χ3v) is 6.80. The van der Waals surface area contributed by atoms with Crippen LogP contribution in [0.5, 0.6) is 5.75 Å². The second kappa shape index (κ2) is 11.4. The summed E-state index contributed by atoms with van der Waals surface area (Å²) in [6.07, 6.45) is 12.3. The van der Waals surface area contributed by atoms with Gasteiger partial charge >= 0.3 is 5.97 Å². The minimum Gasteiger partial charge on any atom is -0.489 e. The number of ether oxygens (including phenoxy) is 2. The molecule has 0 unspecified atom stereocenters. The number of hydrogen-bond acceptors (Lipinski definition) is 3. The first-order valence-electron chi connectivity index (χ1n) is 12.3. The Labute approximate surface area is 192 Å². The average molecular weight is 433 g/mol. The molecular formula is C29H36O3. The van der Waals surface area contributed by atoms with Gasteiger partial charge < -0.3 is 9.47 Å². The van der Waals surface area contributed by atoms with Gasteiger partial charge in [0.15, 0.2) is 0 Å². The van der Waals surface area contributed by atoms with Crippen molar-refractivity contribution in [3.63, 3.8) is 0 Å². The van der Waals surface area contributed by atoms with Gasteiger partial charge in [-0.1, -0.05) is 49.2 Å². The summed E-state index contributed by atoms with van der Waals surface area (Å²) in [7, 11) is 1.44. The summed E-state index contributed by atoms with van der Waals surface area (Å²) in [6.45, 7) is 0.668. The number of aryl methyl sites for hydroxylation is 1. The van der Waals surface area contributed by atoms with E-state index in [4.69, 9.17) is 9.47 Å². The molecule has 0 N–H and O–H groups in total. The van der Waals surface area contributed by atoms with Crippen LogP contribution in [0.2, 0.25) is 0 Å². The van der Waals surface area contributed by atoms with Crippen molar-refractivity contribution in [3.05, 3.63) is 70.8 Å². The zero-order valence-corrected chi connectivity index (χ0v) is 19.4. The number of carbonyl (C=O) groups is 1. The molecule has 3 nitrogen and oxygen atoms in total. The zero-order chi connectivity index (χ0) is 22.2. The summed E-state index contributed by atoms with van der Waals surface area (Å²) in [4.78, 5) is 11.3. The van der Waals surface area contributed by atoms with Crippen molar-refractivity contribution in [2.24, 2.45) is 0 Å². The lowest BCUT2D eigenvalue weighted by atomic mass is 9.89. The van der Waals surface area contributed by atoms with E-state index in [0.717, 1.165) is 37.4 Å². The minimum atomic E-state index is -0.143. The molecule has 0 bridgehead atoms. The number of hydrogen-bond donors (Lipinski definition) is 0. The third-order valence-electron chi connectivity index (χ3n) is 6.80. The fourth-order valence-electron chi connectivity index (χ4n) is 4.66. The maximum absolute atomic E-state index is 11.3. The molecule has 0 radical (unpaired) electrons. The minimum absolute atomic E-state index is 0.143. The molecule has 170 valence electrons. The van der Waals surface area contributed by atoms with Gasteiger partial charge in [-0.05, 0) is 97.3 Å². The predicted molar refractivity (Wildman–Crippen MR) is 130 cm³/mol. The van der Waals surface area contributed by atoms with Crippen LogP contribution in [0.3, 0.4) is 0 Å². The van der Waals surface area contributed by atoms with Crippen LogP contribution in [0.25, 0.3) is 5.57 Å². The third kappa shape index (κ3) is 6.48. The normalized spacial score (nSPS) is 16.9. The predicted octanol–water partition coefficient (Wildman–Crippen LogP) is 7.25. The molecule has 0 spiro atoms. The molecule has 1 fully saturated rings. The van der Waals surface area contributed by atoms with E-state index in [0.29, 0.717) is 13.0 Å². The number of methoxy groups -OCH3 is 1. The molecule has 0 aromatic heterocycles.